The number of hydrogen-bond donors (Lipinski definition) is 1. The number of nitrogens with zero attached hydrogens (tertiary/aromatic N) is 3. The zero-order valence-corrected chi connectivity index (χ0v) is 12.1. The van der Waals surface area contributed by atoms with E-state index < -0.39 is 0 Å². The number of amides is 1. The van der Waals surface area contributed by atoms with Crippen molar-refractivity contribution < 1.29 is 4.79 Å². The van der Waals surface area contributed by atoms with E-state index in [4.69, 9.17) is 0 Å². The summed E-state index contributed by atoms with van der Waals surface area (Å²) in [6, 6.07) is 6.22. The maximum Gasteiger partial charge on any atom is 0.297 e. The molecule has 1 N–H and O–H groups in total. The van der Waals surface area contributed by atoms with Gasteiger partial charge in [0.1, 0.15) is 5.82 Å². The Balaban J connectivity index is 1.68. The molecule has 1 aromatic heterocycles. The Morgan fingerprint density at radius 3 is 3.05 bits per heavy atom. The third kappa shape index (κ3) is 2.13. The van der Waals surface area contributed by atoms with Crippen molar-refractivity contribution in [3.63, 3.8) is 0 Å². The van der Waals surface area contributed by atoms with Crippen LogP contribution in [0.3, 0.4) is 0 Å². The molecule has 0 radical (unpaired) electrons. The van der Waals surface area contributed by atoms with E-state index in [1.54, 1.807) is 0 Å². The Morgan fingerprint density at radius 2 is 2.24 bits per heavy atom. The molecule has 1 aromatic carbocycles. The lowest BCUT2D eigenvalue weighted by Crippen LogP contribution is -2.36. The van der Waals surface area contributed by atoms with Gasteiger partial charge in [0.05, 0.1) is 5.69 Å². The van der Waals surface area contributed by atoms with Crippen molar-refractivity contribution in [1.82, 2.24) is 15.2 Å². The number of benzene rings is 1. The minimum atomic E-state index is -0.0894. The zero-order valence-electron chi connectivity index (χ0n) is 12.1. The molecule has 0 bridgehead atoms. The first-order chi connectivity index (χ1) is 10.2. The number of anilines is 1. The lowest BCUT2D eigenvalue weighted by molar-refractivity contribution is 0.0975. The van der Waals surface area contributed by atoms with Crippen LogP contribution in [0.5, 0.6) is 0 Å². The molecule has 2 heterocycles. The third-order valence-corrected chi connectivity index (χ3v) is 4.32. The van der Waals surface area contributed by atoms with Gasteiger partial charge in [0, 0.05) is 12.5 Å². The van der Waals surface area contributed by atoms with Gasteiger partial charge in [0.25, 0.3) is 5.91 Å². The van der Waals surface area contributed by atoms with E-state index >= 15 is 0 Å². The van der Waals surface area contributed by atoms with Crippen LogP contribution >= 0.6 is 0 Å². The Kier molecular flexibility index (Phi) is 2.80. The van der Waals surface area contributed by atoms with Crippen LogP contribution in [0.2, 0.25) is 0 Å². The molecule has 1 fully saturated rings. The second kappa shape index (κ2) is 4.69. The first kappa shape index (κ1) is 12.6. The van der Waals surface area contributed by atoms with E-state index in [2.05, 4.69) is 40.3 Å². The number of hydrogen-bond acceptors (Lipinski definition) is 3. The van der Waals surface area contributed by atoms with Crippen molar-refractivity contribution in [1.29, 1.82) is 0 Å². The number of aromatic amines is 1. The first-order valence-corrected chi connectivity index (χ1v) is 7.56. The lowest BCUT2D eigenvalue weighted by atomic mass is 9.98. The number of fused-ring (bicyclic) bond motifs is 1. The van der Waals surface area contributed by atoms with Crippen LogP contribution in [-0.2, 0) is 6.42 Å². The number of para-hydroxylation sites is 1. The Morgan fingerprint density at radius 1 is 1.38 bits per heavy atom. The highest BCUT2D eigenvalue weighted by Crippen LogP contribution is 2.38. The summed E-state index contributed by atoms with van der Waals surface area (Å²) in [6.45, 7) is 2.79. The number of aryl methyl sites for hydroxylation is 2. The number of H-pyrrole nitrogens is 1. The van der Waals surface area contributed by atoms with Gasteiger partial charge in [0.15, 0.2) is 0 Å². The van der Waals surface area contributed by atoms with Gasteiger partial charge in [-0.05, 0) is 43.7 Å². The topological polar surface area (TPSA) is 61.9 Å². The van der Waals surface area contributed by atoms with Gasteiger partial charge in [-0.15, -0.1) is 5.10 Å². The molecular formula is C16H18N4O. The van der Waals surface area contributed by atoms with E-state index in [1.165, 1.54) is 5.56 Å². The number of carbonyl (C=O) groups excluding carboxylic acids is 1. The van der Waals surface area contributed by atoms with Crippen molar-refractivity contribution in [3.05, 3.63) is 41.0 Å². The Labute approximate surface area is 123 Å². The van der Waals surface area contributed by atoms with Gasteiger partial charge in [-0.3, -0.25) is 9.89 Å². The summed E-state index contributed by atoms with van der Waals surface area (Å²) in [4.78, 5) is 19.0. The third-order valence-electron chi connectivity index (χ3n) is 4.32. The second-order valence-corrected chi connectivity index (χ2v) is 5.96. The molecule has 2 aliphatic rings. The van der Waals surface area contributed by atoms with Crippen molar-refractivity contribution >= 4 is 11.6 Å². The number of carbonyl (C=O) groups is 1. The molecule has 2 aromatic rings. The summed E-state index contributed by atoms with van der Waals surface area (Å²) in [5, 5.41) is 7.05. The van der Waals surface area contributed by atoms with Crippen LogP contribution in [0.15, 0.2) is 18.2 Å². The molecule has 4 rings (SSSR count). The van der Waals surface area contributed by atoms with Gasteiger partial charge in [-0.2, -0.15) is 0 Å². The predicted octanol–water partition coefficient (Wildman–Crippen LogP) is 2.58. The van der Waals surface area contributed by atoms with Crippen molar-refractivity contribution in [2.75, 3.05) is 11.4 Å². The van der Waals surface area contributed by atoms with Crippen LogP contribution in [0.25, 0.3) is 0 Å². The molecule has 0 spiro atoms. The second-order valence-electron chi connectivity index (χ2n) is 5.96. The van der Waals surface area contributed by atoms with Crippen molar-refractivity contribution in [2.45, 2.75) is 38.5 Å². The van der Waals surface area contributed by atoms with Crippen LogP contribution in [0, 0.1) is 6.92 Å². The molecule has 1 aliphatic carbocycles. The molecule has 1 aliphatic heterocycles. The quantitative estimate of drug-likeness (QED) is 0.921. The minimum Gasteiger partial charge on any atom is -0.305 e. The molecule has 5 heteroatoms. The van der Waals surface area contributed by atoms with E-state index in [0.717, 1.165) is 49.3 Å². The molecule has 1 saturated carbocycles. The highest BCUT2D eigenvalue weighted by molar-refractivity contribution is 6.04. The van der Waals surface area contributed by atoms with Gasteiger partial charge in [-0.25, -0.2) is 4.98 Å². The maximum atomic E-state index is 12.8. The SMILES string of the molecule is Cc1cccc2c1N(C(=O)c1n[nH]c(C3CC3)n1)CCC2. The summed E-state index contributed by atoms with van der Waals surface area (Å²) in [7, 11) is 0. The highest BCUT2D eigenvalue weighted by Gasteiger charge is 2.31. The van der Waals surface area contributed by atoms with Crippen LogP contribution in [-0.4, -0.2) is 27.6 Å². The summed E-state index contributed by atoms with van der Waals surface area (Å²) >= 11 is 0. The fourth-order valence-corrected chi connectivity index (χ4v) is 3.08. The van der Waals surface area contributed by atoms with E-state index in [1.807, 2.05) is 4.90 Å². The average Bonchev–Trinajstić information content (AvgIpc) is 3.24. The molecular weight excluding hydrogens is 264 g/mol. The summed E-state index contributed by atoms with van der Waals surface area (Å²) in [6.07, 6.45) is 4.31. The fourth-order valence-electron chi connectivity index (χ4n) is 3.08. The normalized spacial score (nSPS) is 17.7. The number of aromatic nitrogens is 3. The molecule has 108 valence electrons. The zero-order chi connectivity index (χ0) is 14.4. The van der Waals surface area contributed by atoms with Crippen molar-refractivity contribution in [2.24, 2.45) is 0 Å². The van der Waals surface area contributed by atoms with Crippen molar-refractivity contribution in [3.8, 4) is 0 Å². The largest absolute Gasteiger partial charge is 0.305 e. The van der Waals surface area contributed by atoms with Crippen LogP contribution < -0.4 is 4.90 Å². The lowest BCUT2D eigenvalue weighted by Gasteiger charge is -2.30. The van der Waals surface area contributed by atoms with Crippen LogP contribution in [0.4, 0.5) is 5.69 Å². The highest BCUT2D eigenvalue weighted by atomic mass is 16.2. The van der Waals surface area contributed by atoms with E-state index in [-0.39, 0.29) is 5.91 Å². The summed E-state index contributed by atoms with van der Waals surface area (Å²) < 4.78 is 0. The molecule has 0 saturated heterocycles. The summed E-state index contributed by atoms with van der Waals surface area (Å²) in [5.41, 5.74) is 3.43. The smallest absolute Gasteiger partial charge is 0.297 e. The standard InChI is InChI=1S/C16H18N4O/c1-10-4-2-5-11-6-3-9-20(13(10)11)16(21)15-17-14(18-19-15)12-7-8-12/h2,4-5,12H,3,6-9H2,1H3,(H,17,18,19). The fraction of sp³-hybridized carbons (Fsp3) is 0.438. The van der Waals surface area contributed by atoms with Gasteiger partial charge in [0.2, 0.25) is 5.82 Å². The van der Waals surface area contributed by atoms with E-state index in [9.17, 15) is 4.79 Å². The minimum absolute atomic E-state index is 0.0894. The van der Waals surface area contributed by atoms with Gasteiger partial charge in [-0.1, -0.05) is 18.2 Å². The maximum absolute atomic E-state index is 12.8. The van der Waals surface area contributed by atoms with Gasteiger partial charge >= 0.3 is 0 Å². The molecule has 0 unspecified atom stereocenters. The number of nitrogens with one attached hydrogen (secondary N) is 1. The Hall–Kier alpha value is -2.17. The molecule has 5 nitrogen and oxygen atoms in total. The van der Waals surface area contributed by atoms with Crippen LogP contribution in [0.1, 0.15) is 52.8 Å². The molecule has 1 amide bonds. The monoisotopic (exact) mass is 282 g/mol. The van der Waals surface area contributed by atoms with Gasteiger partial charge < -0.3 is 4.90 Å². The van der Waals surface area contributed by atoms with E-state index in [0.29, 0.717) is 11.7 Å². The molecule has 0 atom stereocenters. The predicted molar refractivity (Wildman–Crippen MR) is 79.5 cm³/mol. The first-order valence-electron chi connectivity index (χ1n) is 7.56. The molecule has 21 heavy (non-hydrogen) atoms. The number of rotatable bonds is 2. The average molecular weight is 282 g/mol. The Bertz CT molecular complexity index is 702. The summed E-state index contributed by atoms with van der Waals surface area (Å²) in [5.74, 6) is 1.55.